The van der Waals surface area contributed by atoms with E-state index in [4.69, 9.17) is 0 Å². The Balaban J connectivity index is 3.25. The molecule has 0 N–H and O–H groups in total. The van der Waals surface area contributed by atoms with Gasteiger partial charge in [0.15, 0.2) is 0 Å². The van der Waals surface area contributed by atoms with Crippen LogP contribution in [0.25, 0.3) is 0 Å². The molecule has 0 atom stereocenters. The largest absolute Gasteiger partial charge is 0.0877 e. The zero-order valence-electron chi connectivity index (χ0n) is 6.52. The molecule has 0 aromatic carbocycles. The molecule has 0 aromatic rings. The zero-order chi connectivity index (χ0) is 7.11. The highest BCUT2D eigenvalue weighted by Crippen LogP contribution is 1.91. The van der Waals surface area contributed by atoms with Crippen molar-refractivity contribution in [2.45, 2.75) is 26.1 Å². The Hall–Kier alpha value is -0.303. The summed E-state index contributed by atoms with van der Waals surface area (Å²) in [6, 6.07) is 1.29. The fourth-order valence-electron chi connectivity index (χ4n) is 0.493. The molecule has 0 unspecified atom stereocenters. The summed E-state index contributed by atoms with van der Waals surface area (Å²) in [7, 11) is -0.0358. The second-order valence-electron chi connectivity index (χ2n) is 2.37. The zero-order valence-corrected chi connectivity index (χ0v) is 7.52. The standard InChI is InChI=1S/C8H15Si/c1-4-5-6-7-8-9(2)3/h4-7H,8H2,1-3H3. The molecule has 9 heavy (non-hydrogen) atoms. The Kier molecular flexibility index (Phi) is 5.63. The van der Waals surface area contributed by atoms with Gasteiger partial charge in [-0.05, 0) is 13.0 Å². The van der Waals surface area contributed by atoms with Gasteiger partial charge < -0.3 is 0 Å². The molecule has 0 aromatic heterocycles. The summed E-state index contributed by atoms with van der Waals surface area (Å²) in [5.41, 5.74) is 0. The SMILES string of the molecule is CC=CC=CC[Si](C)C. The van der Waals surface area contributed by atoms with Crippen LogP contribution in [-0.4, -0.2) is 8.80 Å². The van der Waals surface area contributed by atoms with Crippen LogP contribution in [0, 0.1) is 0 Å². The molecule has 0 bridgehead atoms. The lowest BCUT2D eigenvalue weighted by Crippen LogP contribution is -1.94. The quantitative estimate of drug-likeness (QED) is 0.416. The highest BCUT2D eigenvalue weighted by atomic mass is 28.3. The predicted octanol–water partition coefficient (Wildman–Crippen LogP) is 2.87. The summed E-state index contributed by atoms with van der Waals surface area (Å²) in [6.45, 7) is 6.68. The lowest BCUT2D eigenvalue weighted by atomic mass is 10.5. The molecule has 0 amide bonds. The number of allylic oxidation sites excluding steroid dienone is 4. The van der Waals surface area contributed by atoms with Crippen LogP contribution < -0.4 is 0 Å². The summed E-state index contributed by atoms with van der Waals surface area (Å²) in [5.74, 6) is 0. The minimum atomic E-state index is -0.0358. The van der Waals surface area contributed by atoms with Crippen LogP contribution in [0.3, 0.4) is 0 Å². The predicted molar refractivity (Wildman–Crippen MR) is 46.2 cm³/mol. The molecule has 0 spiro atoms. The van der Waals surface area contributed by atoms with Gasteiger partial charge in [-0.1, -0.05) is 37.4 Å². The highest BCUT2D eigenvalue weighted by molar-refractivity contribution is 6.56. The van der Waals surface area contributed by atoms with E-state index in [1.54, 1.807) is 0 Å². The third-order valence-electron chi connectivity index (χ3n) is 0.966. The Bertz CT molecular complexity index is 101. The van der Waals surface area contributed by atoms with E-state index in [0.717, 1.165) is 0 Å². The molecule has 0 aliphatic carbocycles. The second-order valence-corrected chi connectivity index (χ2v) is 5.19. The molecule has 0 nitrogen and oxygen atoms in total. The van der Waals surface area contributed by atoms with Crippen LogP contribution >= 0.6 is 0 Å². The summed E-state index contributed by atoms with van der Waals surface area (Å²) >= 11 is 0. The molecule has 51 valence electrons. The van der Waals surface area contributed by atoms with E-state index < -0.39 is 0 Å². The average Bonchev–Trinajstić information content (AvgIpc) is 1.80. The van der Waals surface area contributed by atoms with Crippen LogP contribution in [0.1, 0.15) is 6.92 Å². The van der Waals surface area contributed by atoms with Crippen molar-refractivity contribution in [3.63, 3.8) is 0 Å². The van der Waals surface area contributed by atoms with Crippen molar-refractivity contribution in [3.8, 4) is 0 Å². The van der Waals surface area contributed by atoms with Crippen LogP contribution in [0.15, 0.2) is 24.3 Å². The van der Waals surface area contributed by atoms with Crippen molar-refractivity contribution in [1.82, 2.24) is 0 Å². The topological polar surface area (TPSA) is 0 Å². The normalized spacial score (nSPS) is 12.4. The van der Waals surface area contributed by atoms with E-state index in [1.165, 1.54) is 6.04 Å². The molecule has 1 radical (unpaired) electrons. The number of hydrogen-bond acceptors (Lipinski definition) is 0. The van der Waals surface area contributed by atoms with Crippen molar-refractivity contribution in [2.75, 3.05) is 0 Å². The first kappa shape index (κ1) is 8.70. The van der Waals surface area contributed by atoms with Gasteiger partial charge in [-0.15, -0.1) is 0 Å². The van der Waals surface area contributed by atoms with E-state index in [-0.39, 0.29) is 8.80 Å². The Morgan fingerprint density at radius 2 is 1.89 bits per heavy atom. The lowest BCUT2D eigenvalue weighted by molar-refractivity contribution is 1.59. The first-order chi connectivity index (χ1) is 4.27. The molecule has 1 heteroatoms. The first-order valence-electron chi connectivity index (χ1n) is 3.34. The minimum Gasteiger partial charge on any atom is -0.0877 e. The third-order valence-corrected chi connectivity index (χ3v) is 2.02. The van der Waals surface area contributed by atoms with Crippen LogP contribution in [0.4, 0.5) is 0 Å². The van der Waals surface area contributed by atoms with Gasteiger partial charge >= 0.3 is 0 Å². The van der Waals surface area contributed by atoms with Gasteiger partial charge in [0.25, 0.3) is 0 Å². The Morgan fingerprint density at radius 3 is 2.33 bits per heavy atom. The van der Waals surface area contributed by atoms with Crippen molar-refractivity contribution in [2.24, 2.45) is 0 Å². The molecular formula is C8H15Si. The molecule has 0 aliphatic rings. The van der Waals surface area contributed by atoms with E-state index in [2.05, 4.69) is 31.3 Å². The number of hydrogen-bond donors (Lipinski definition) is 0. The van der Waals surface area contributed by atoms with Gasteiger partial charge in [-0.2, -0.15) is 0 Å². The van der Waals surface area contributed by atoms with Gasteiger partial charge in [0.1, 0.15) is 0 Å². The van der Waals surface area contributed by atoms with Crippen LogP contribution in [0.2, 0.25) is 19.1 Å². The van der Waals surface area contributed by atoms with E-state index in [0.29, 0.717) is 0 Å². The van der Waals surface area contributed by atoms with Crippen LogP contribution in [-0.2, 0) is 0 Å². The highest BCUT2D eigenvalue weighted by Gasteiger charge is 1.87. The Morgan fingerprint density at radius 1 is 1.22 bits per heavy atom. The molecule has 0 aliphatic heterocycles. The molecule has 0 fully saturated rings. The lowest BCUT2D eigenvalue weighted by Gasteiger charge is -1.91. The molecular weight excluding hydrogens is 124 g/mol. The van der Waals surface area contributed by atoms with Crippen molar-refractivity contribution >= 4 is 8.80 Å². The first-order valence-corrected chi connectivity index (χ1v) is 6.05. The second kappa shape index (κ2) is 5.83. The van der Waals surface area contributed by atoms with Gasteiger partial charge in [-0.25, -0.2) is 0 Å². The monoisotopic (exact) mass is 139 g/mol. The van der Waals surface area contributed by atoms with Gasteiger partial charge in [0.05, 0.1) is 0 Å². The summed E-state index contributed by atoms with van der Waals surface area (Å²) in [6.07, 6.45) is 8.49. The molecule has 0 saturated heterocycles. The van der Waals surface area contributed by atoms with E-state index in [1.807, 2.05) is 13.0 Å². The Labute approximate surface area is 59.9 Å². The van der Waals surface area contributed by atoms with Gasteiger partial charge in [0.2, 0.25) is 0 Å². The molecule has 0 saturated carbocycles. The average molecular weight is 139 g/mol. The third kappa shape index (κ3) is 7.70. The smallest absolute Gasteiger partial charge is 0.0452 e. The molecule has 0 heterocycles. The van der Waals surface area contributed by atoms with E-state index >= 15 is 0 Å². The van der Waals surface area contributed by atoms with Crippen molar-refractivity contribution < 1.29 is 0 Å². The minimum absolute atomic E-state index is 0.0358. The maximum absolute atomic E-state index is 2.32. The maximum Gasteiger partial charge on any atom is 0.0452 e. The fourth-order valence-corrected chi connectivity index (χ4v) is 1.10. The summed E-state index contributed by atoms with van der Waals surface area (Å²) in [4.78, 5) is 0. The van der Waals surface area contributed by atoms with E-state index in [9.17, 15) is 0 Å². The summed E-state index contributed by atoms with van der Waals surface area (Å²) in [5, 5.41) is 0. The summed E-state index contributed by atoms with van der Waals surface area (Å²) < 4.78 is 0. The van der Waals surface area contributed by atoms with Crippen molar-refractivity contribution in [3.05, 3.63) is 24.3 Å². The fraction of sp³-hybridized carbons (Fsp3) is 0.500. The van der Waals surface area contributed by atoms with Gasteiger partial charge in [0, 0.05) is 8.80 Å². The van der Waals surface area contributed by atoms with Gasteiger partial charge in [-0.3, -0.25) is 0 Å². The van der Waals surface area contributed by atoms with Crippen molar-refractivity contribution in [1.29, 1.82) is 0 Å². The molecule has 0 rings (SSSR count). The maximum atomic E-state index is 2.32. The van der Waals surface area contributed by atoms with Crippen LogP contribution in [0.5, 0.6) is 0 Å². The number of rotatable bonds is 3.